The van der Waals surface area contributed by atoms with Gasteiger partial charge in [-0.3, -0.25) is 0 Å². The van der Waals surface area contributed by atoms with Crippen molar-refractivity contribution in [2.45, 2.75) is 19.9 Å². The van der Waals surface area contributed by atoms with Crippen molar-refractivity contribution in [3.8, 4) is 10.4 Å². The molecule has 0 fully saturated rings. The van der Waals surface area contributed by atoms with E-state index >= 15 is 0 Å². The van der Waals surface area contributed by atoms with Gasteiger partial charge in [0.15, 0.2) is 0 Å². The van der Waals surface area contributed by atoms with Gasteiger partial charge in [-0.25, -0.2) is 4.39 Å². The Hall–Kier alpha value is -0.710. The van der Waals surface area contributed by atoms with Crippen LogP contribution in [0.4, 0.5) is 4.39 Å². The highest BCUT2D eigenvalue weighted by molar-refractivity contribution is 9.10. The summed E-state index contributed by atoms with van der Waals surface area (Å²) in [5, 5.41) is 5.29. The lowest BCUT2D eigenvalue weighted by Gasteiger charge is -2.07. The molecule has 4 heteroatoms. The SMILES string of the molecule is CCCNCc1ccc(F)c(-c2sccc2Br)c1. The minimum Gasteiger partial charge on any atom is -0.313 e. The number of thiophene rings is 1. The smallest absolute Gasteiger partial charge is 0.131 e. The Bertz CT molecular complexity index is 524. The van der Waals surface area contributed by atoms with Crippen LogP contribution in [0.1, 0.15) is 18.9 Å². The summed E-state index contributed by atoms with van der Waals surface area (Å²) in [7, 11) is 0. The first-order valence-corrected chi connectivity index (χ1v) is 7.62. The molecule has 0 aliphatic rings. The van der Waals surface area contributed by atoms with Crippen molar-refractivity contribution in [3.05, 3.63) is 45.5 Å². The zero-order chi connectivity index (χ0) is 13.0. The van der Waals surface area contributed by atoms with Crippen LogP contribution in [-0.4, -0.2) is 6.54 Å². The molecule has 0 bridgehead atoms. The predicted molar refractivity (Wildman–Crippen MR) is 79.4 cm³/mol. The van der Waals surface area contributed by atoms with Crippen LogP contribution >= 0.6 is 27.3 Å². The third-order valence-electron chi connectivity index (χ3n) is 2.65. The average Bonchev–Trinajstić information content (AvgIpc) is 2.78. The van der Waals surface area contributed by atoms with Crippen LogP contribution in [0.15, 0.2) is 34.1 Å². The van der Waals surface area contributed by atoms with Crippen LogP contribution < -0.4 is 5.32 Å². The van der Waals surface area contributed by atoms with Gasteiger partial charge < -0.3 is 5.32 Å². The van der Waals surface area contributed by atoms with E-state index in [1.54, 1.807) is 17.4 Å². The monoisotopic (exact) mass is 327 g/mol. The van der Waals surface area contributed by atoms with Crippen molar-refractivity contribution in [2.75, 3.05) is 6.54 Å². The summed E-state index contributed by atoms with van der Waals surface area (Å²) >= 11 is 5.00. The van der Waals surface area contributed by atoms with Gasteiger partial charge >= 0.3 is 0 Å². The zero-order valence-corrected chi connectivity index (χ0v) is 12.6. The zero-order valence-electron chi connectivity index (χ0n) is 10.2. The van der Waals surface area contributed by atoms with Gasteiger partial charge in [-0.2, -0.15) is 0 Å². The Kier molecular flexibility index (Phi) is 4.92. The number of halogens is 2. The minimum absolute atomic E-state index is 0.169. The van der Waals surface area contributed by atoms with Crippen LogP contribution in [0.3, 0.4) is 0 Å². The quantitative estimate of drug-likeness (QED) is 0.776. The second-order valence-electron chi connectivity index (χ2n) is 4.09. The third-order valence-corrected chi connectivity index (χ3v) is 4.52. The predicted octanol–water partition coefficient (Wildman–Crippen LogP) is 4.82. The molecule has 1 aromatic carbocycles. The fourth-order valence-corrected chi connectivity index (χ4v) is 3.36. The van der Waals surface area contributed by atoms with E-state index in [2.05, 4.69) is 28.2 Å². The first kappa shape index (κ1) is 13.7. The highest BCUT2D eigenvalue weighted by atomic mass is 79.9. The summed E-state index contributed by atoms with van der Waals surface area (Å²) in [5.41, 5.74) is 1.79. The summed E-state index contributed by atoms with van der Waals surface area (Å²) in [4.78, 5) is 0.949. The van der Waals surface area contributed by atoms with Gasteiger partial charge in [0.1, 0.15) is 5.82 Å². The van der Waals surface area contributed by atoms with E-state index in [0.29, 0.717) is 5.56 Å². The van der Waals surface area contributed by atoms with E-state index in [1.807, 2.05) is 23.6 Å². The average molecular weight is 328 g/mol. The van der Waals surface area contributed by atoms with Gasteiger partial charge in [0, 0.05) is 16.6 Å². The Balaban J connectivity index is 2.25. The molecule has 0 unspecified atom stereocenters. The Labute approximate surface area is 119 Å². The van der Waals surface area contributed by atoms with Crippen LogP contribution in [-0.2, 0) is 6.54 Å². The fourth-order valence-electron chi connectivity index (χ4n) is 1.75. The van der Waals surface area contributed by atoms with Crippen LogP contribution in [0, 0.1) is 5.82 Å². The molecule has 2 rings (SSSR count). The Morgan fingerprint density at radius 3 is 2.83 bits per heavy atom. The lowest BCUT2D eigenvalue weighted by atomic mass is 10.1. The van der Waals surface area contributed by atoms with Crippen molar-refractivity contribution in [1.29, 1.82) is 0 Å². The molecule has 0 radical (unpaired) electrons. The molecule has 0 aliphatic carbocycles. The fraction of sp³-hybridized carbons (Fsp3) is 0.286. The molecule has 1 heterocycles. The van der Waals surface area contributed by atoms with E-state index < -0.39 is 0 Å². The molecular formula is C14H15BrFNS. The molecule has 0 saturated heterocycles. The van der Waals surface area contributed by atoms with Crippen molar-refractivity contribution in [2.24, 2.45) is 0 Å². The molecule has 0 aliphatic heterocycles. The van der Waals surface area contributed by atoms with Crippen LogP contribution in [0.2, 0.25) is 0 Å². The first-order valence-electron chi connectivity index (χ1n) is 5.95. The van der Waals surface area contributed by atoms with Crippen LogP contribution in [0.25, 0.3) is 10.4 Å². The normalized spacial score (nSPS) is 10.8. The van der Waals surface area contributed by atoms with Crippen LogP contribution in [0.5, 0.6) is 0 Å². The minimum atomic E-state index is -0.169. The molecule has 0 saturated carbocycles. The second-order valence-corrected chi connectivity index (χ2v) is 5.86. The topological polar surface area (TPSA) is 12.0 Å². The molecule has 0 atom stereocenters. The molecule has 96 valence electrons. The summed E-state index contributed by atoms with van der Waals surface area (Å²) in [5.74, 6) is -0.169. The molecule has 0 amide bonds. The summed E-state index contributed by atoms with van der Waals surface area (Å²) in [6.45, 7) is 3.89. The van der Waals surface area contributed by atoms with Gasteiger partial charge in [-0.1, -0.05) is 13.0 Å². The van der Waals surface area contributed by atoms with E-state index in [0.717, 1.165) is 34.4 Å². The number of nitrogens with one attached hydrogen (secondary N) is 1. The van der Waals surface area contributed by atoms with E-state index in [-0.39, 0.29) is 5.82 Å². The molecule has 18 heavy (non-hydrogen) atoms. The summed E-state index contributed by atoms with van der Waals surface area (Å²) < 4.78 is 14.8. The highest BCUT2D eigenvalue weighted by Crippen LogP contribution is 2.35. The lowest BCUT2D eigenvalue weighted by Crippen LogP contribution is -2.13. The van der Waals surface area contributed by atoms with Gasteiger partial charge in [0.25, 0.3) is 0 Å². The standard InChI is InChI=1S/C14H15BrFNS/c1-2-6-17-9-10-3-4-13(16)11(8-10)14-12(15)5-7-18-14/h3-5,7-8,17H,2,6,9H2,1H3. The maximum atomic E-state index is 13.9. The highest BCUT2D eigenvalue weighted by Gasteiger charge is 2.10. The number of rotatable bonds is 5. The maximum Gasteiger partial charge on any atom is 0.131 e. The third kappa shape index (κ3) is 3.19. The molecule has 1 aromatic heterocycles. The van der Waals surface area contributed by atoms with E-state index in [9.17, 15) is 4.39 Å². The molecule has 2 aromatic rings. The molecular weight excluding hydrogens is 313 g/mol. The summed E-state index contributed by atoms with van der Waals surface area (Å²) in [6, 6.07) is 7.25. The van der Waals surface area contributed by atoms with Crippen molar-refractivity contribution < 1.29 is 4.39 Å². The summed E-state index contributed by atoms with van der Waals surface area (Å²) in [6.07, 6.45) is 1.10. The van der Waals surface area contributed by atoms with Crippen molar-refractivity contribution in [1.82, 2.24) is 5.32 Å². The Morgan fingerprint density at radius 2 is 2.17 bits per heavy atom. The maximum absolute atomic E-state index is 13.9. The molecule has 0 spiro atoms. The second kappa shape index (κ2) is 6.45. The molecule has 1 N–H and O–H groups in total. The lowest BCUT2D eigenvalue weighted by molar-refractivity contribution is 0.628. The first-order chi connectivity index (χ1) is 8.72. The number of benzene rings is 1. The van der Waals surface area contributed by atoms with E-state index in [1.165, 1.54) is 0 Å². The van der Waals surface area contributed by atoms with E-state index in [4.69, 9.17) is 0 Å². The van der Waals surface area contributed by atoms with Crippen molar-refractivity contribution in [3.63, 3.8) is 0 Å². The van der Waals surface area contributed by atoms with Crippen molar-refractivity contribution >= 4 is 27.3 Å². The Morgan fingerprint density at radius 1 is 1.33 bits per heavy atom. The van der Waals surface area contributed by atoms with Gasteiger partial charge in [-0.15, -0.1) is 11.3 Å². The van der Waals surface area contributed by atoms with Gasteiger partial charge in [0.2, 0.25) is 0 Å². The van der Waals surface area contributed by atoms with Gasteiger partial charge in [-0.05, 0) is 58.0 Å². The number of hydrogen-bond donors (Lipinski definition) is 1. The molecule has 1 nitrogen and oxygen atoms in total. The van der Waals surface area contributed by atoms with Gasteiger partial charge in [0.05, 0.1) is 4.88 Å². The number of hydrogen-bond acceptors (Lipinski definition) is 2. The largest absolute Gasteiger partial charge is 0.313 e.